The molecule has 35 heavy (non-hydrogen) atoms. The van der Waals surface area contributed by atoms with Gasteiger partial charge in [0, 0.05) is 12.1 Å². The van der Waals surface area contributed by atoms with Gasteiger partial charge in [-0.1, -0.05) is 53.6 Å². The topological polar surface area (TPSA) is 119 Å². The number of urea groups is 1. The molecule has 0 spiro atoms. The first-order valence-corrected chi connectivity index (χ1v) is 10.7. The number of carbonyl (C=O) groups is 3. The van der Waals surface area contributed by atoms with Gasteiger partial charge < -0.3 is 4.74 Å². The number of nitrogens with zero attached hydrogens (tertiary/aromatic N) is 2. The van der Waals surface area contributed by atoms with Gasteiger partial charge in [-0.15, -0.1) is 0 Å². The van der Waals surface area contributed by atoms with Crippen molar-refractivity contribution in [3.05, 3.63) is 104 Å². The van der Waals surface area contributed by atoms with E-state index in [9.17, 15) is 24.5 Å². The van der Waals surface area contributed by atoms with Crippen molar-refractivity contribution in [3.8, 4) is 5.75 Å². The van der Waals surface area contributed by atoms with Gasteiger partial charge >= 0.3 is 6.03 Å². The molecule has 0 saturated carbocycles. The number of rotatable bonds is 6. The molecule has 0 bridgehead atoms. The number of nitro groups is 1. The number of barbiturate groups is 1. The molecule has 1 aliphatic heterocycles. The van der Waals surface area contributed by atoms with E-state index in [1.165, 1.54) is 30.3 Å². The average Bonchev–Trinajstić information content (AvgIpc) is 2.81. The molecule has 1 saturated heterocycles. The van der Waals surface area contributed by atoms with Crippen LogP contribution < -0.4 is 15.0 Å². The van der Waals surface area contributed by atoms with E-state index in [2.05, 4.69) is 5.32 Å². The second-order valence-corrected chi connectivity index (χ2v) is 8.11. The predicted molar refractivity (Wildman–Crippen MR) is 129 cm³/mol. The van der Waals surface area contributed by atoms with E-state index in [1.54, 1.807) is 12.1 Å². The Kier molecular flexibility index (Phi) is 6.61. The number of aryl methyl sites for hydroxylation is 1. The van der Waals surface area contributed by atoms with Crippen molar-refractivity contribution in [1.82, 2.24) is 5.32 Å². The summed E-state index contributed by atoms with van der Waals surface area (Å²) in [6.07, 6.45) is 1.28. The smallest absolute Gasteiger partial charge is 0.335 e. The van der Waals surface area contributed by atoms with Gasteiger partial charge in [0.1, 0.15) is 17.9 Å². The number of nitro benzene ring substituents is 1. The van der Waals surface area contributed by atoms with Crippen LogP contribution in [0.5, 0.6) is 5.75 Å². The minimum absolute atomic E-state index is 0.0435. The lowest BCUT2D eigenvalue weighted by Gasteiger charge is -2.26. The molecule has 3 aromatic carbocycles. The van der Waals surface area contributed by atoms with Crippen LogP contribution in [0.1, 0.15) is 16.7 Å². The maximum Gasteiger partial charge on any atom is 0.335 e. The molecule has 3 aromatic rings. The molecule has 9 nitrogen and oxygen atoms in total. The molecule has 1 N–H and O–H groups in total. The minimum atomic E-state index is -1.00. The Morgan fingerprint density at radius 3 is 2.54 bits per heavy atom. The number of nitrogens with one attached hydrogen (secondary N) is 1. The van der Waals surface area contributed by atoms with Gasteiger partial charge in [-0.3, -0.25) is 25.0 Å². The fourth-order valence-electron chi connectivity index (χ4n) is 3.49. The average molecular weight is 492 g/mol. The lowest BCUT2D eigenvalue weighted by molar-refractivity contribution is -0.384. The zero-order valence-electron chi connectivity index (χ0n) is 18.4. The molecular weight excluding hydrogens is 474 g/mol. The summed E-state index contributed by atoms with van der Waals surface area (Å²) < 4.78 is 5.78. The molecule has 0 atom stereocenters. The van der Waals surface area contributed by atoms with Gasteiger partial charge in [-0.25, -0.2) is 9.69 Å². The van der Waals surface area contributed by atoms with E-state index in [0.717, 1.165) is 17.2 Å². The summed E-state index contributed by atoms with van der Waals surface area (Å²) in [5.41, 5.74) is 1.82. The highest BCUT2D eigenvalue weighted by molar-refractivity contribution is 6.39. The van der Waals surface area contributed by atoms with Crippen LogP contribution >= 0.6 is 11.6 Å². The Labute approximate surface area is 204 Å². The molecule has 10 heteroatoms. The normalized spacial score (nSPS) is 14.7. The minimum Gasteiger partial charge on any atom is -0.487 e. The summed E-state index contributed by atoms with van der Waals surface area (Å²) in [4.78, 5) is 48.8. The molecule has 4 rings (SSSR count). The number of hydrogen-bond donors (Lipinski definition) is 1. The highest BCUT2D eigenvalue weighted by Crippen LogP contribution is 2.29. The van der Waals surface area contributed by atoms with Crippen molar-refractivity contribution >= 4 is 46.9 Å². The van der Waals surface area contributed by atoms with E-state index < -0.39 is 22.8 Å². The van der Waals surface area contributed by atoms with Crippen LogP contribution in [-0.4, -0.2) is 22.8 Å². The van der Waals surface area contributed by atoms with Crippen molar-refractivity contribution in [1.29, 1.82) is 0 Å². The highest BCUT2D eigenvalue weighted by Gasteiger charge is 2.37. The summed E-state index contributed by atoms with van der Waals surface area (Å²) in [5.74, 6) is -1.39. The van der Waals surface area contributed by atoms with Gasteiger partial charge in [-0.2, -0.15) is 0 Å². The maximum absolute atomic E-state index is 13.0. The highest BCUT2D eigenvalue weighted by atomic mass is 35.5. The van der Waals surface area contributed by atoms with E-state index in [1.807, 2.05) is 31.2 Å². The largest absolute Gasteiger partial charge is 0.487 e. The number of carbonyl (C=O) groups excluding carboxylic acids is 3. The number of hydrogen-bond acceptors (Lipinski definition) is 6. The molecule has 0 radical (unpaired) electrons. The summed E-state index contributed by atoms with van der Waals surface area (Å²) in [6.45, 7) is 2.29. The Balaban J connectivity index is 1.58. The molecule has 1 fully saturated rings. The van der Waals surface area contributed by atoms with Crippen molar-refractivity contribution < 1.29 is 24.0 Å². The molecule has 1 aliphatic rings. The van der Waals surface area contributed by atoms with Gasteiger partial charge in [-0.05, 0) is 42.3 Å². The number of ether oxygens (including phenoxy) is 1. The first-order valence-electron chi connectivity index (χ1n) is 10.4. The molecule has 1 heterocycles. The number of imide groups is 2. The molecular formula is C25H18ClN3O6. The van der Waals surface area contributed by atoms with Crippen molar-refractivity contribution in [3.63, 3.8) is 0 Å². The third-order valence-electron chi connectivity index (χ3n) is 5.14. The number of amides is 4. The van der Waals surface area contributed by atoms with Crippen LogP contribution in [0.25, 0.3) is 6.08 Å². The van der Waals surface area contributed by atoms with Crippen molar-refractivity contribution in [2.24, 2.45) is 0 Å². The van der Waals surface area contributed by atoms with E-state index in [-0.39, 0.29) is 22.0 Å². The second kappa shape index (κ2) is 9.78. The fraction of sp³-hybridized carbons (Fsp3) is 0.0800. The first kappa shape index (κ1) is 23.7. The van der Waals surface area contributed by atoms with Crippen LogP contribution in [0.3, 0.4) is 0 Å². The standard InChI is InChI=1S/C25H18ClN3O6/c1-15-4-2-5-17(10-15)14-35-22-9-8-16(12-21(22)26)11-20-23(30)27-25(32)28(24(20)31)18-6-3-7-19(13-18)29(33)34/h2-13H,14H2,1H3,(H,27,30,32)/b20-11+. The van der Waals surface area contributed by atoms with Gasteiger partial charge in [0.25, 0.3) is 17.5 Å². The molecule has 4 amide bonds. The lowest BCUT2D eigenvalue weighted by atomic mass is 10.1. The molecule has 176 valence electrons. The van der Waals surface area contributed by atoms with Gasteiger partial charge in [0.2, 0.25) is 0 Å². The van der Waals surface area contributed by atoms with Crippen LogP contribution in [0.4, 0.5) is 16.2 Å². The maximum atomic E-state index is 13.0. The Hall–Kier alpha value is -4.50. The second-order valence-electron chi connectivity index (χ2n) is 7.70. The Bertz CT molecular complexity index is 1400. The summed E-state index contributed by atoms with van der Waals surface area (Å²) in [5, 5.41) is 13.4. The summed E-state index contributed by atoms with van der Waals surface area (Å²) in [6, 6.07) is 16.6. The van der Waals surface area contributed by atoms with Crippen LogP contribution in [0.15, 0.2) is 72.3 Å². The number of halogens is 1. The SMILES string of the molecule is Cc1cccc(COc2ccc(/C=C3\C(=O)NC(=O)N(c4cccc([N+](=O)[O-])c4)C3=O)cc2Cl)c1. The number of anilines is 1. The monoisotopic (exact) mass is 491 g/mol. The third kappa shape index (κ3) is 5.20. The van der Waals surface area contributed by atoms with E-state index in [0.29, 0.717) is 22.8 Å². The fourth-order valence-corrected chi connectivity index (χ4v) is 3.73. The first-order chi connectivity index (χ1) is 16.7. The zero-order chi connectivity index (χ0) is 25.1. The number of benzene rings is 3. The van der Waals surface area contributed by atoms with Gasteiger partial charge in [0.05, 0.1) is 15.6 Å². The van der Waals surface area contributed by atoms with Crippen LogP contribution in [0.2, 0.25) is 5.02 Å². The Morgan fingerprint density at radius 1 is 1.06 bits per heavy atom. The third-order valence-corrected chi connectivity index (χ3v) is 5.44. The van der Waals surface area contributed by atoms with E-state index >= 15 is 0 Å². The van der Waals surface area contributed by atoms with Crippen LogP contribution in [-0.2, 0) is 16.2 Å². The quantitative estimate of drug-likeness (QED) is 0.229. The Morgan fingerprint density at radius 2 is 1.83 bits per heavy atom. The molecule has 0 aliphatic carbocycles. The summed E-state index contributed by atoms with van der Waals surface area (Å²) in [7, 11) is 0. The predicted octanol–water partition coefficient (Wildman–Crippen LogP) is 4.80. The van der Waals surface area contributed by atoms with Crippen LogP contribution in [0, 0.1) is 17.0 Å². The van der Waals surface area contributed by atoms with Crippen molar-refractivity contribution in [2.75, 3.05) is 4.90 Å². The van der Waals surface area contributed by atoms with Gasteiger partial charge in [0.15, 0.2) is 0 Å². The molecule has 0 unspecified atom stereocenters. The zero-order valence-corrected chi connectivity index (χ0v) is 19.1. The lowest BCUT2D eigenvalue weighted by Crippen LogP contribution is -2.54. The van der Waals surface area contributed by atoms with E-state index in [4.69, 9.17) is 16.3 Å². The number of non-ortho nitro benzene ring substituents is 1. The molecule has 0 aromatic heterocycles. The summed E-state index contributed by atoms with van der Waals surface area (Å²) >= 11 is 6.34. The van der Waals surface area contributed by atoms with Crippen molar-refractivity contribution in [2.45, 2.75) is 13.5 Å².